The Morgan fingerprint density at radius 1 is 1.03 bits per heavy atom. The number of anilines is 3. The molecule has 3 aromatic rings. The second kappa shape index (κ2) is 8.38. The largest absolute Gasteiger partial charge is 0.497 e. The first-order valence-corrected chi connectivity index (χ1v) is 11.6. The van der Waals surface area contributed by atoms with Crippen LogP contribution in [0.3, 0.4) is 0 Å². The Bertz CT molecular complexity index is 1290. The second-order valence-corrected chi connectivity index (χ2v) is 9.17. The van der Waals surface area contributed by atoms with Gasteiger partial charge in [-0.15, -0.1) is 0 Å². The van der Waals surface area contributed by atoms with Crippen molar-refractivity contribution in [1.82, 2.24) is 14.9 Å². The predicted octanol–water partition coefficient (Wildman–Crippen LogP) is 3.01. The molecule has 0 saturated carbocycles. The number of aromatic nitrogens is 2. The molecule has 4 heterocycles. The van der Waals surface area contributed by atoms with Crippen LogP contribution < -0.4 is 14.5 Å². The molecule has 6 rings (SSSR count). The number of nitrogens with zero attached hydrogens (tertiary/aromatic N) is 6. The average molecular weight is 457 g/mol. The van der Waals surface area contributed by atoms with Gasteiger partial charge in [0.25, 0.3) is 0 Å². The number of likely N-dealkylation sites (N-methyl/N-ethyl adjacent to an activating group) is 1. The van der Waals surface area contributed by atoms with Gasteiger partial charge in [0.05, 0.1) is 19.3 Å². The zero-order valence-electron chi connectivity index (χ0n) is 19.5. The van der Waals surface area contributed by atoms with Gasteiger partial charge in [0, 0.05) is 43.6 Å². The van der Waals surface area contributed by atoms with Gasteiger partial charge < -0.3 is 24.5 Å². The minimum Gasteiger partial charge on any atom is -0.497 e. The molecule has 174 valence electrons. The fourth-order valence-electron chi connectivity index (χ4n) is 5.06. The van der Waals surface area contributed by atoms with Crippen molar-refractivity contribution >= 4 is 23.7 Å². The summed E-state index contributed by atoms with van der Waals surface area (Å²) in [5, 5.41) is 10.5. The normalized spacial score (nSPS) is 16.4. The van der Waals surface area contributed by atoms with Crippen LogP contribution >= 0.6 is 0 Å². The lowest BCUT2D eigenvalue weighted by atomic mass is 10.0. The van der Waals surface area contributed by atoms with Crippen LogP contribution in [0.15, 0.2) is 41.4 Å². The maximum absolute atomic E-state index is 10.5. The molecule has 3 aliphatic rings. The van der Waals surface area contributed by atoms with Gasteiger partial charge >= 0.3 is 0 Å². The van der Waals surface area contributed by atoms with Gasteiger partial charge in [0.15, 0.2) is 0 Å². The Hall–Kier alpha value is -3.49. The Balaban J connectivity index is 1.41. The van der Waals surface area contributed by atoms with Crippen LogP contribution in [0.2, 0.25) is 0 Å². The van der Waals surface area contributed by atoms with E-state index in [1.807, 2.05) is 23.2 Å². The first-order valence-electron chi connectivity index (χ1n) is 11.6. The van der Waals surface area contributed by atoms with E-state index >= 15 is 0 Å². The van der Waals surface area contributed by atoms with Crippen LogP contribution in [-0.4, -0.2) is 53.6 Å². The third kappa shape index (κ3) is 3.59. The van der Waals surface area contributed by atoms with Gasteiger partial charge in [-0.25, -0.2) is 4.98 Å². The maximum atomic E-state index is 10.5. The molecule has 0 spiro atoms. The van der Waals surface area contributed by atoms with E-state index in [0.717, 1.165) is 66.7 Å². The van der Waals surface area contributed by atoms with E-state index in [9.17, 15) is 5.11 Å². The highest BCUT2D eigenvalue weighted by Crippen LogP contribution is 2.36. The van der Waals surface area contributed by atoms with Crippen molar-refractivity contribution < 1.29 is 9.84 Å². The van der Waals surface area contributed by atoms with Gasteiger partial charge in [-0.2, -0.15) is 4.98 Å². The van der Waals surface area contributed by atoms with Crippen molar-refractivity contribution in [3.63, 3.8) is 0 Å². The van der Waals surface area contributed by atoms with E-state index in [0.29, 0.717) is 12.5 Å². The van der Waals surface area contributed by atoms with E-state index in [-0.39, 0.29) is 6.73 Å². The summed E-state index contributed by atoms with van der Waals surface area (Å²) in [4.78, 5) is 20.8. The van der Waals surface area contributed by atoms with Crippen LogP contribution in [0.4, 0.5) is 17.5 Å². The monoisotopic (exact) mass is 456 g/mol. The summed E-state index contributed by atoms with van der Waals surface area (Å²) in [6, 6.07) is 12.4. The Labute approximate surface area is 199 Å². The lowest BCUT2D eigenvalue weighted by Crippen LogP contribution is -2.32. The summed E-state index contributed by atoms with van der Waals surface area (Å²) in [6.45, 7) is 3.74. The highest BCUT2D eigenvalue weighted by Gasteiger charge is 2.28. The summed E-state index contributed by atoms with van der Waals surface area (Å²) in [5.41, 5.74) is 7.86. The number of aliphatic hydroxyl groups is 1. The highest BCUT2D eigenvalue weighted by atomic mass is 16.5. The topological polar surface area (TPSA) is 77.3 Å². The van der Waals surface area contributed by atoms with Crippen LogP contribution in [-0.2, 0) is 32.6 Å². The molecule has 8 heteroatoms. The van der Waals surface area contributed by atoms with Gasteiger partial charge in [-0.05, 0) is 60.0 Å². The Kier molecular flexibility index (Phi) is 5.19. The summed E-state index contributed by atoms with van der Waals surface area (Å²) in [7, 11) is 3.81. The molecule has 0 aliphatic carbocycles. The number of aliphatic imine (C=N–C) groups is 1. The predicted molar refractivity (Wildman–Crippen MR) is 132 cm³/mol. The molecule has 0 atom stereocenters. The molecule has 1 aromatic heterocycles. The number of benzene rings is 2. The highest BCUT2D eigenvalue weighted by molar-refractivity contribution is 5.86. The Morgan fingerprint density at radius 2 is 1.88 bits per heavy atom. The molecule has 2 aromatic carbocycles. The minimum atomic E-state index is -0.161. The molecule has 0 radical (unpaired) electrons. The minimum absolute atomic E-state index is 0.161. The van der Waals surface area contributed by atoms with Crippen LogP contribution in [0.25, 0.3) is 0 Å². The van der Waals surface area contributed by atoms with Crippen molar-refractivity contribution in [2.24, 2.45) is 4.99 Å². The van der Waals surface area contributed by atoms with Gasteiger partial charge in [0.2, 0.25) is 5.95 Å². The van der Waals surface area contributed by atoms with Crippen LogP contribution in [0, 0.1) is 0 Å². The molecule has 0 unspecified atom stereocenters. The number of hydrogen-bond acceptors (Lipinski definition) is 8. The first kappa shape index (κ1) is 21.1. The fourth-order valence-corrected chi connectivity index (χ4v) is 5.06. The SMILES string of the molecule is COc1ccc2c(c1)CN(c1nc3c(c(N(CO)c4ccc5c(c4)C=NC5)n1)CCN(C)C3)C2. The van der Waals surface area contributed by atoms with E-state index in [1.54, 1.807) is 7.11 Å². The molecule has 1 N–H and O–H groups in total. The molecular weight excluding hydrogens is 428 g/mol. The molecule has 0 amide bonds. The molecule has 0 fully saturated rings. The summed E-state index contributed by atoms with van der Waals surface area (Å²) >= 11 is 0. The van der Waals surface area contributed by atoms with E-state index in [4.69, 9.17) is 14.7 Å². The summed E-state index contributed by atoms with van der Waals surface area (Å²) in [6.07, 6.45) is 2.75. The fraction of sp³-hybridized carbons (Fsp3) is 0.346. The number of aliphatic hydroxyl groups excluding tert-OH is 1. The van der Waals surface area contributed by atoms with Crippen LogP contribution in [0.5, 0.6) is 5.75 Å². The molecular formula is C26H28N6O2. The number of methoxy groups -OCH3 is 1. The molecule has 34 heavy (non-hydrogen) atoms. The lowest BCUT2D eigenvalue weighted by molar-refractivity contribution is 0.297. The number of hydrogen-bond donors (Lipinski definition) is 1. The van der Waals surface area contributed by atoms with Crippen molar-refractivity contribution in [3.8, 4) is 5.75 Å². The first-order chi connectivity index (χ1) is 16.6. The lowest BCUT2D eigenvalue weighted by Gasteiger charge is -2.31. The van der Waals surface area contributed by atoms with Crippen LogP contribution in [0.1, 0.15) is 33.5 Å². The van der Waals surface area contributed by atoms with E-state index in [1.165, 1.54) is 16.7 Å². The van der Waals surface area contributed by atoms with Gasteiger partial charge in [0.1, 0.15) is 18.3 Å². The standard InChI is InChI=1S/C26H28N6O2/c1-30-8-7-23-24(15-30)28-26(31-13-18-4-6-22(34-2)10-20(18)14-31)29-25(23)32(16-33)21-5-3-17-11-27-12-19(17)9-21/h3-6,9-10,12,33H,7-8,11,13-16H2,1-2H3. The van der Waals surface area contributed by atoms with Gasteiger partial charge in [-0.3, -0.25) is 4.99 Å². The van der Waals surface area contributed by atoms with Crippen molar-refractivity contribution in [1.29, 1.82) is 0 Å². The van der Waals surface area contributed by atoms with Gasteiger partial charge in [-0.1, -0.05) is 12.1 Å². The molecule has 3 aliphatic heterocycles. The number of rotatable bonds is 5. The zero-order valence-corrected chi connectivity index (χ0v) is 19.5. The summed E-state index contributed by atoms with van der Waals surface area (Å²) < 4.78 is 5.41. The molecule has 0 bridgehead atoms. The molecule has 0 saturated heterocycles. The number of fused-ring (bicyclic) bond motifs is 3. The average Bonchev–Trinajstić information content (AvgIpc) is 3.50. The van der Waals surface area contributed by atoms with Crippen molar-refractivity contribution in [2.75, 3.05) is 37.2 Å². The van der Waals surface area contributed by atoms with E-state index < -0.39 is 0 Å². The zero-order chi connectivity index (χ0) is 23.2. The second-order valence-electron chi connectivity index (χ2n) is 9.17. The molecule has 8 nitrogen and oxygen atoms in total. The summed E-state index contributed by atoms with van der Waals surface area (Å²) in [5.74, 6) is 2.35. The third-order valence-electron chi connectivity index (χ3n) is 6.97. The third-order valence-corrected chi connectivity index (χ3v) is 6.97. The van der Waals surface area contributed by atoms with E-state index in [2.05, 4.69) is 46.1 Å². The number of ether oxygens (including phenoxy) is 1. The quantitative estimate of drug-likeness (QED) is 0.592. The maximum Gasteiger partial charge on any atom is 0.228 e. The van der Waals surface area contributed by atoms with Crippen molar-refractivity contribution in [2.45, 2.75) is 32.6 Å². The smallest absolute Gasteiger partial charge is 0.228 e. The Morgan fingerprint density at radius 3 is 2.74 bits per heavy atom. The van der Waals surface area contributed by atoms with Crippen molar-refractivity contribution in [3.05, 3.63) is 69.9 Å².